The molecule has 0 aromatic carbocycles. The number of amides is 1. The van der Waals surface area contributed by atoms with Gasteiger partial charge in [0.2, 0.25) is 0 Å². The molecule has 3 aromatic heterocycles. The van der Waals surface area contributed by atoms with Gasteiger partial charge in [-0.1, -0.05) is 0 Å². The fraction of sp³-hybridized carbons (Fsp3) is 0.333. The number of fused-ring (bicyclic) bond motifs is 1. The van der Waals surface area contributed by atoms with Crippen LogP contribution in [0.2, 0.25) is 0 Å². The minimum Gasteiger partial charge on any atom is -0.492 e. The third-order valence-electron chi connectivity index (χ3n) is 4.36. The van der Waals surface area contributed by atoms with Crippen molar-refractivity contribution >= 4 is 17.2 Å². The summed E-state index contributed by atoms with van der Waals surface area (Å²) in [5.41, 5.74) is 1.55. The lowest BCUT2D eigenvalue weighted by molar-refractivity contribution is 0.0649. The predicted molar refractivity (Wildman–Crippen MR) is 97.2 cm³/mol. The Labute approximate surface area is 155 Å². The van der Waals surface area contributed by atoms with Crippen molar-refractivity contribution in [1.82, 2.24) is 24.6 Å². The van der Waals surface area contributed by atoms with Crippen molar-refractivity contribution in [2.75, 3.05) is 13.2 Å². The van der Waals surface area contributed by atoms with Crippen LogP contribution in [0.15, 0.2) is 42.2 Å². The molecule has 0 bridgehead atoms. The molecule has 1 unspecified atom stereocenters. The number of carbonyl (C=O) groups excluding carboxylic acids is 1. The summed E-state index contributed by atoms with van der Waals surface area (Å²) in [6.07, 6.45) is 5.95. The molecule has 26 heavy (non-hydrogen) atoms. The Kier molecular flexibility index (Phi) is 4.66. The number of hydrogen-bond acceptors (Lipinski definition) is 6. The van der Waals surface area contributed by atoms with Gasteiger partial charge in [-0.15, -0.1) is 11.3 Å². The first-order valence-electron chi connectivity index (χ1n) is 8.47. The number of aryl methyl sites for hydroxylation is 1. The van der Waals surface area contributed by atoms with E-state index in [0.717, 1.165) is 22.9 Å². The summed E-state index contributed by atoms with van der Waals surface area (Å²) in [5.74, 6) is 0.717. The van der Waals surface area contributed by atoms with Crippen LogP contribution in [-0.4, -0.2) is 43.7 Å². The Hall–Kier alpha value is -2.74. The van der Waals surface area contributed by atoms with Crippen LogP contribution in [0.3, 0.4) is 0 Å². The summed E-state index contributed by atoms with van der Waals surface area (Å²) in [5, 5.41) is 7.16. The van der Waals surface area contributed by atoms with Crippen LogP contribution >= 0.6 is 11.3 Å². The van der Waals surface area contributed by atoms with E-state index in [4.69, 9.17) is 4.74 Å². The van der Waals surface area contributed by atoms with Gasteiger partial charge in [-0.3, -0.25) is 14.5 Å². The quantitative estimate of drug-likeness (QED) is 0.691. The lowest BCUT2D eigenvalue weighted by atomic mass is 10.1. The van der Waals surface area contributed by atoms with Crippen LogP contribution in [0.1, 0.15) is 33.7 Å². The third kappa shape index (κ3) is 3.45. The fourth-order valence-electron chi connectivity index (χ4n) is 3.12. The first-order valence-corrected chi connectivity index (χ1v) is 9.35. The van der Waals surface area contributed by atoms with E-state index in [1.165, 1.54) is 11.3 Å². The number of carbonyl (C=O) groups is 1. The third-order valence-corrected chi connectivity index (χ3v) is 5.14. The molecule has 1 aliphatic heterocycles. The molecule has 3 aromatic rings. The highest BCUT2D eigenvalue weighted by Gasteiger charge is 2.29. The molecule has 0 fully saturated rings. The molecule has 0 radical (unpaired) electrons. The van der Waals surface area contributed by atoms with Gasteiger partial charge in [0.25, 0.3) is 5.91 Å². The van der Waals surface area contributed by atoms with Gasteiger partial charge in [-0.25, -0.2) is 4.98 Å². The molecule has 0 saturated carbocycles. The first kappa shape index (κ1) is 16.7. The summed E-state index contributed by atoms with van der Waals surface area (Å²) in [7, 11) is 0. The molecule has 0 N–H and O–H groups in total. The van der Waals surface area contributed by atoms with Crippen LogP contribution in [0.25, 0.3) is 0 Å². The molecule has 1 aliphatic rings. The molecule has 1 amide bonds. The summed E-state index contributed by atoms with van der Waals surface area (Å²) in [6, 6.07) is 5.76. The maximum Gasteiger partial charge on any atom is 0.273 e. The predicted octanol–water partition coefficient (Wildman–Crippen LogP) is 2.71. The Morgan fingerprint density at radius 3 is 3.08 bits per heavy atom. The van der Waals surface area contributed by atoms with Gasteiger partial charge in [0.15, 0.2) is 0 Å². The molecule has 4 heterocycles. The average Bonchev–Trinajstić information content (AvgIpc) is 3.30. The van der Waals surface area contributed by atoms with E-state index in [-0.39, 0.29) is 11.9 Å². The summed E-state index contributed by atoms with van der Waals surface area (Å²) in [6.45, 7) is 3.59. The Morgan fingerprint density at radius 1 is 1.38 bits per heavy atom. The molecular weight excluding hydrogens is 350 g/mol. The molecule has 0 saturated heterocycles. The Morgan fingerprint density at radius 2 is 2.31 bits per heavy atom. The topological polar surface area (TPSA) is 73.1 Å². The normalized spacial score (nSPS) is 16.3. The monoisotopic (exact) mass is 369 g/mol. The van der Waals surface area contributed by atoms with Crippen LogP contribution < -0.4 is 4.74 Å². The van der Waals surface area contributed by atoms with Gasteiger partial charge >= 0.3 is 0 Å². The van der Waals surface area contributed by atoms with E-state index in [2.05, 4.69) is 15.1 Å². The van der Waals surface area contributed by atoms with Gasteiger partial charge in [0, 0.05) is 30.7 Å². The standard InChI is InChI=1S/C18H19N5O2S/c1-13-21-17(12-26-13)18(24)22-10-14-4-7-20-23(14)15(11-22)5-8-25-16-3-2-6-19-9-16/h2-4,6-7,9,12,15H,5,8,10-11H2,1H3. The number of aromatic nitrogens is 4. The van der Waals surface area contributed by atoms with E-state index < -0.39 is 0 Å². The van der Waals surface area contributed by atoms with Crippen molar-refractivity contribution < 1.29 is 9.53 Å². The molecule has 7 nitrogen and oxygen atoms in total. The highest BCUT2D eigenvalue weighted by atomic mass is 32.1. The molecule has 1 atom stereocenters. The summed E-state index contributed by atoms with van der Waals surface area (Å²) in [4.78, 5) is 23.0. The van der Waals surface area contributed by atoms with Gasteiger partial charge in [0.05, 0.1) is 36.1 Å². The molecule has 4 rings (SSSR count). The second-order valence-electron chi connectivity index (χ2n) is 6.18. The SMILES string of the molecule is Cc1nc(C(=O)N2Cc3ccnn3C(CCOc3cccnc3)C2)cs1. The van der Waals surface area contributed by atoms with Gasteiger partial charge in [-0.05, 0) is 25.1 Å². The van der Waals surface area contributed by atoms with Gasteiger partial charge < -0.3 is 9.64 Å². The molecule has 0 aliphatic carbocycles. The second kappa shape index (κ2) is 7.25. The van der Waals surface area contributed by atoms with Crippen molar-refractivity contribution in [2.45, 2.75) is 25.9 Å². The smallest absolute Gasteiger partial charge is 0.273 e. The summed E-state index contributed by atoms with van der Waals surface area (Å²) >= 11 is 1.49. The van der Waals surface area contributed by atoms with Crippen LogP contribution in [0.5, 0.6) is 5.75 Å². The molecule has 8 heteroatoms. The number of rotatable bonds is 5. The lowest BCUT2D eigenvalue weighted by Crippen LogP contribution is -2.41. The maximum absolute atomic E-state index is 12.8. The molecule has 0 spiro atoms. The van der Waals surface area contributed by atoms with E-state index in [1.807, 2.05) is 40.1 Å². The number of ether oxygens (including phenoxy) is 1. The number of pyridine rings is 1. The number of hydrogen-bond donors (Lipinski definition) is 0. The molecular formula is C18H19N5O2S. The van der Waals surface area contributed by atoms with Crippen molar-refractivity contribution in [2.24, 2.45) is 0 Å². The zero-order valence-electron chi connectivity index (χ0n) is 14.4. The van der Waals surface area contributed by atoms with E-state index in [9.17, 15) is 4.79 Å². The highest BCUT2D eigenvalue weighted by Crippen LogP contribution is 2.25. The zero-order chi connectivity index (χ0) is 17.9. The van der Waals surface area contributed by atoms with E-state index in [1.54, 1.807) is 18.6 Å². The average molecular weight is 369 g/mol. The Bertz CT molecular complexity index is 892. The summed E-state index contributed by atoms with van der Waals surface area (Å²) < 4.78 is 7.77. The minimum absolute atomic E-state index is 0.0278. The highest BCUT2D eigenvalue weighted by molar-refractivity contribution is 7.09. The lowest BCUT2D eigenvalue weighted by Gasteiger charge is -2.33. The van der Waals surface area contributed by atoms with Crippen molar-refractivity contribution in [1.29, 1.82) is 0 Å². The second-order valence-corrected chi connectivity index (χ2v) is 7.25. The van der Waals surface area contributed by atoms with Crippen molar-refractivity contribution in [3.8, 4) is 5.75 Å². The van der Waals surface area contributed by atoms with Crippen molar-refractivity contribution in [3.63, 3.8) is 0 Å². The number of nitrogens with zero attached hydrogens (tertiary/aromatic N) is 5. The van der Waals surface area contributed by atoms with E-state index >= 15 is 0 Å². The van der Waals surface area contributed by atoms with Gasteiger partial charge in [-0.2, -0.15) is 5.10 Å². The zero-order valence-corrected chi connectivity index (χ0v) is 15.2. The first-order chi connectivity index (χ1) is 12.7. The largest absolute Gasteiger partial charge is 0.492 e. The van der Waals surface area contributed by atoms with Crippen LogP contribution in [0.4, 0.5) is 0 Å². The fourth-order valence-corrected chi connectivity index (χ4v) is 3.71. The van der Waals surface area contributed by atoms with Crippen LogP contribution in [-0.2, 0) is 6.54 Å². The van der Waals surface area contributed by atoms with Crippen LogP contribution in [0, 0.1) is 6.92 Å². The van der Waals surface area contributed by atoms with E-state index in [0.29, 0.717) is 25.4 Å². The number of thiazole rings is 1. The van der Waals surface area contributed by atoms with Crippen molar-refractivity contribution in [3.05, 3.63) is 58.6 Å². The Balaban J connectivity index is 1.45. The minimum atomic E-state index is -0.0278. The molecule has 134 valence electrons. The maximum atomic E-state index is 12.8. The van der Waals surface area contributed by atoms with Gasteiger partial charge in [0.1, 0.15) is 11.4 Å².